The van der Waals surface area contributed by atoms with Crippen molar-refractivity contribution < 1.29 is 14.4 Å². The lowest BCUT2D eigenvalue weighted by atomic mass is 10.2. The van der Waals surface area contributed by atoms with E-state index >= 15 is 0 Å². The molecule has 6 nitrogen and oxygen atoms in total. The summed E-state index contributed by atoms with van der Waals surface area (Å²) in [6.07, 6.45) is 3.99. The highest BCUT2D eigenvalue weighted by Gasteiger charge is 2.02. The first-order chi connectivity index (χ1) is 11.7. The Kier molecular flexibility index (Phi) is 11.1. The molecule has 24 heavy (non-hydrogen) atoms. The predicted octanol–water partition coefficient (Wildman–Crippen LogP) is 3.04. The zero-order valence-corrected chi connectivity index (χ0v) is 14.6. The molecule has 0 aromatic heterocycles. The number of rotatable bonds is 13. The summed E-state index contributed by atoms with van der Waals surface area (Å²) in [7, 11) is 2.07. The van der Waals surface area contributed by atoms with Gasteiger partial charge in [-0.3, -0.25) is 0 Å². The van der Waals surface area contributed by atoms with E-state index in [1.807, 2.05) is 30.3 Å². The summed E-state index contributed by atoms with van der Waals surface area (Å²) in [6.45, 7) is 6.70. The SMILES string of the molecule is C=NOCCN(C)CCCCCCNC(=O)OCc1ccccc1. The van der Waals surface area contributed by atoms with Crippen molar-refractivity contribution in [2.24, 2.45) is 5.16 Å². The van der Waals surface area contributed by atoms with Gasteiger partial charge in [0.1, 0.15) is 13.2 Å². The summed E-state index contributed by atoms with van der Waals surface area (Å²) < 4.78 is 5.15. The Hall–Kier alpha value is -2.08. The van der Waals surface area contributed by atoms with E-state index in [9.17, 15) is 4.79 Å². The van der Waals surface area contributed by atoms with Crippen LogP contribution in [0.3, 0.4) is 0 Å². The van der Waals surface area contributed by atoms with Crippen molar-refractivity contribution in [2.45, 2.75) is 32.3 Å². The van der Waals surface area contributed by atoms with Crippen molar-refractivity contribution in [3.63, 3.8) is 0 Å². The van der Waals surface area contributed by atoms with Gasteiger partial charge >= 0.3 is 6.09 Å². The molecule has 0 saturated heterocycles. The maximum atomic E-state index is 11.6. The number of nitrogens with one attached hydrogen (secondary N) is 1. The van der Waals surface area contributed by atoms with E-state index in [0.29, 0.717) is 19.8 Å². The molecule has 0 radical (unpaired) electrons. The van der Waals surface area contributed by atoms with Gasteiger partial charge < -0.3 is 19.8 Å². The van der Waals surface area contributed by atoms with Crippen molar-refractivity contribution >= 4 is 12.8 Å². The Morgan fingerprint density at radius 3 is 2.67 bits per heavy atom. The summed E-state index contributed by atoms with van der Waals surface area (Å²) in [5, 5.41) is 6.14. The fraction of sp³-hybridized carbons (Fsp3) is 0.556. The van der Waals surface area contributed by atoms with Gasteiger partial charge in [0.2, 0.25) is 0 Å². The summed E-state index contributed by atoms with van der Waals surface area (Å²) >= 11 is 0. The third kappa shape index (κ3) is 10.6. The molecule has 0 aliphatic rings. The predicted molar refractivity (Wildman–Crippen MR) is 96.1 cm³/mol. The number of oxime groups is 1. The van der Waals surface area contributed by atoms with Crippen LogP contribution in [0.1, 0.15) is 31.2 Å². The number of alkyl carbamates (subject to hydrolysis) is 1. The van der Waals surface area contributed by atoms with Crippen molar-refractivity contribution in [1.29, 1.82) is 0 Å². The van der Waals surface area contributed by atoms with Gasteiger partial charge in [0.25, 0.3) is 0 Å². The molecule has 1 amide bonds. The molecule has 0 heterocycles. The van der Waals surface area contributed by atoms with Gasteiger partial charge in [-0.05, 0) is 32.0 Å². The maximum absolute atomic E-state index is 11.6. The van der Waals surface area contributed by atoms with E-state index in [1.165, 1.54) is 0 Å². The Morgan fingerprint density at radius 1 is 1.17 bits per heavy atom. The zero-order chi connectivity index (χ0) is 17.5. The smallest absolute Gasteiger partial charge is 0.407 e. The molecule has 1 aromatic rings. The van der Waals surface area contributed by atoms with Crippen molar-refractivity contribution in [1.82, 2.24) is 10.2 Å². The fourth-order valence-corrected chi connectivity index (χ4v) is 2.20. The first-order valence-electron chi connectivity index (χ1n) is 8.43. The van der Waals surface area contributed by atoms with Crippen LogP contribution in [0.5, 0.6) is 0 Å². The number of benzene rings is 1. The number of carbonyl (C=O) groups is 1. The Morgan fingerprint density at radius 2 is 1.92 bits per heavy atom. The quantitative estimate of drug-likeness (QED) is 0.342. The van der Waals surface area contributed by atoms with Crippen LogP contribution in [0.15, 0.2) is 35.5 Å². The minimum Gasteiger partial charge on any atom is -0.445 e. The molecule has 6 heteroatoms. The average Bonchev–Trinajstić information content (AvgIpc) is 2.60. The topological polar surface area (TPSA) is 63.2 Å². The summed E-state index contributed by atoms with van der Waals surface area (Å²) in [5.41, 5.74) is 0.992. The van der Waals surface area contributed by atoms with E-state index in [4.69, 9.17) is 9.57 Å². The highest BCUT2D eigenvalue weighted by molar-refractivity contribution is 5.67. The van der Waals surface area contributed by atoms with Crippen molar-refractivity contribution in [2.75, 3.05) is 33.3 Å². The lowest BCUT2D eigenvalue weighted by Gasteiger charge is -2.15. The van der Waals surface area contributed by atoms with E-state index in [0.717, 1.165) is 44.3 Å². The average molecular weight is 335 g/mol. The minimum absolute atomic E-state index is 0.310. The summed E-state index contributed by atoms with van der Waals surface area (Å²) in [4.78, 5) is 18.6. The van der Waals surface area contributed by atoms with E-state index < -0.39 is 0 Å². The monoisotopic (exact) mass is 335 g/mol. The number of hydrogen-bond donors (Lipinski definition) is 1. The van der Waals surface area contributed by atoms with Crippen LogP contribution in [0, 0.1) is 0 Å². The highest BCUT2D eigenvalue weighted by atomic mass is 16.6. The molecule has 0 atom stereocenters. The van der Waals surface area contributed by atoms with Crippen LogP contribution < -0.4 is 5.32 Å². The number of nitrogens with zero attached hydrogens (tertiary/aromatic N) is 2. The van der Waals surface area contributed by atoms with E-state index in [2.05, 4.69) is 29.1 Å². The van der Waals surface area contributed by atoms with Crippen LogP contribution in [-0.4, -0.2) is 51.0 Å². The zero-order valence-electron chi connectivity index (χ0n) is 14.6. The summed E-state index contributed by atoms with van der Waals surface area (Å²) in [6, 6.07) is 9.66. The minimum atomic E-state index is -0.352. The second-order valence-electron chi connectivity index (χ2n) is 5.67. The number of unbranched alkanes of at least 4 members (excludes halogenated alkanes) is 3. The molecule has 0 bridgehead atoms. The van der Waals surface area contributed by atoms with Crippen molar-refractivity contribution in [3.8, 4) is 0 Å². The molecule has 134 valence electrons. The maximum Gasteiger partial charge on any atom is 0.407 e. The van der Waals surface area contributed by atoms with Gasteiger partial charge in [0, 0.05) is 19.8 Å². The molecule has 1 aromatic carbocycles. The lowest BCUT2D eigenvalue weighted by molar-refractivity contribution is 0.120. The van der Waals surface area contributed by atoms with Crippen LogP contribution >= 0.6 is 0 Å². The molecule has 0 unspecified atom stereocenters. The third-order valence-corrected chi connectivity index (χ3v) is 3.60. The number of amides is 1. The standard InChI is InChI=1S/C18H29N3O3/c1-19-24-15-14-21(2)13-9-4-3-8-12-20-18(22)23-16-17-10-6-5-7-11-17/h5-7,10-11H,1,3-4,8-9,12-16H2,2H3,(H,20,22). The Bertz CT molecular complexity index is 454. The van der Waals surface area contributed by atoms with Crippen LogP contribution in [-0.2, 0) is 16.2 Å². The largest absolute Gasteiger partial charge is 0.445 e. The molecular weight excluding hydrogens is 306 g/mol. The van der Waals surface area contributed by atoms with Gasteiger partial charge in [-0.15, -0.1) is 5.16 Å². The molecule has 0 saturated carbocycles. The van der Waals surface area contributed by atoms with E-state index in [1.54, 1.807) is 0 Å². The molecule has 0 aliphatic carbocycles. The molecule has 0 aliphatic heterocycles. The van der Waals surface area contributed by atoms with Gasteiger partial charge in [0.05, 0.1) is 0 Å². The Balaban J connectivity index is 1.90. The molecule has 1 N–H and O–H groups in total. The number of hydrogen-bond acceptors (Lipinski definition) is 5. The number of carbonyl (C=O) groups excluding carboxylic acids is 1. The second kappa shape index (κ2) is 13.4. The molecule has 0 fully saturated rings. The first kappa shape index (κ1) is 20.0. The fourth-order valence-electron chi connectivity index (χ4n) is 2.20. The van der Waals surface area contributed by atoms with Crippen LogP contribution in [0.4, 0.5) is 4.79 Å². The van der Waals surface area contributed by atoms with Crippen LogP contribution in [0.2, 0.25) is 0 Å². The molecule has 1 rings (SSSR count). The number of likely N-dealkylation sites (N-methyl/N-ethyl adjacent to an activating group) is 1. The number of ether oxygens (including phenoxy) is 1. The van der Waals surface area contributed by atoms with Gasteiger partial charge in [-0.2, -0.15) is 0 Å². The first-order valence-corrected chi connectivity index (χ1v) is 8.43. The normalized spacial score (nSPS) is 10.4. The second-order valence-corrected chi connectivity index (χ2v) is 5.67. The molecule has 0 spiro atoms. The Labute approximate surface area is 144 Å². The lowest BCUT2D eigenvalue weighted by Crippen LogP contribution is -2.25. The van der Waals surface area contributed by atoms with Crippen LogP contribution in [0.25, 0.3) is 0 Å². The third-order valence-electron chi connectivity index (χ3n) is 3.60. The summed E-state index contributed by atoms with van der Waals surface area (Å²) in [5.74, 6) is 0. The van der Waals surface area contributed by atoms with E-state index in [-0.39, 0.29) is 6.09 Å². The highest BCUT2D eigenvalue weighted by Crippen LogP contribution is 2.02. The van der Waals surface area contributed by atoms with Crippen molar-refractivity contribution in [3.05, 3.63) is 35.9 Å². The van der Waals surface area contributed by atoms with Gasteiger partial charge in [-0.1, -0.05) is 43.2 Å². The van der Waals surface area contributed by atoms with Gasteiger partial charge in [-0.25, -0.2) is 4.79 Å². The van der Waals surface area contributed by atoms with Gasteiger partial charge in [0.15, 0.2) is 0 Å². The molecular formula is C18H29N3O3.